The topological polar surface area (TPSA) is 76.0 Å². The second-order valence-corrected chi connectivity index (χ2v) is 4.22. The van der Waals surface area contributed by atoms with Crippen LogP contribution in [-0.2, 0) is 9.59 Å². The zero-order chi connectivity index (χ0) is 14.3. The molecular formula is C13H15NO4S. The van der Waals surface area contributed by atoms with E-state index in [0.29, 0.717) is 23.5 Å². The molecule has 0 aromatic heterocycles. The van der Waals surface area contributed by atoms with Crippen molar-refractivity contribution in [3.63, 3.8) is 0 Å². The second-order valence-electron chi connectivity index (χ2n) is 3.78. The highest BCUT2D eigenvalue weighted by Gasteiger charge is 2.14. The van der Waals surface area contributed by atoms with Crippen molar-refractivity contribution in [2.45, 2.75) is 19.4 Å². The van der Waals surface area contributed by atoms with Gasteiger partial charge in [0.2, 0.25) is 0 Å². The third-order valence-electron chi connectivity index (χ3n) is 2.25. The molecule has 0 bridgehead atoms. The van der Waals surface area contributed by atoms with Gasteiger partial charge in [-0.2, -0.15) is 12.6 Å². The number of thiol groups is 1. The molecule has 0 saturated heterocycles. The van der Waals surface area contributed by atoms with Crippen LogP contribution in [0.2, 0.25) is 0 Å². The van der Waals surface area contributed by atoms with Gasteiger partial charge in [0.05, 0.1) is 0 Å². The predicted octanol–water partition coefficient (Wildman–Crippen LogP) is 1.80. The molecule has 0 aliphatic heterocycles. The standard InChI is InChI=1S/C13H15NO4S/c1-9(15)18-12-5-3-2-4-10(12)8-14-11(6-7-19)13(16)17/h2-5,8,11,19H,6-7H2,1H3,(H,16,17)/t11-/m0/s1. The lowest BCUT2D eigenvalue weighted by atomic mass is 10.2. The molecule has 19 heavy (non-hydrogen) atoms. The van der Waals surface area contributed by atoms with Gasteiger partial charge in [-0.15, -0.1) is 0 Å². The third kappa shape index (κ3) is 5.13. The summed E-state index contributed by atoms with van der Waals surface area (Å²) in [5, 5.41) is 8.96. The first kappa shape index (κ1) is 15.2. The first-order valence-electron chi connectivity index (χ1n) is 5.69. The monoisotopic (exact) mass is 281 g/mol. The van der Waals surface area contributed by atoms with Crippen molar-refractivity contribution in [3.05, 3.63) is 29.8 Å². The zero-order valence-corrected chi connectivity index (χ0v) is 11.3. The van der Waals surface area contributed by atoms with Gasteiger partial charge in [-0.25, -0.2) is 4.79 Å². The number of carbonyl (C=O) groups excluding carboxylic acids is 1. The molecule has 1 N–H and O–H groups in total. The number of carbonyl (C=O) groups is 2. The Morgan fingerprint density at radius 1 is 1.47 bits per heavy atom. The molecular weight excluding hydrogens is 266 g/mol. The quantitative estimate of drug-likeness (QED) is 0.361. The van der Waals surface area contributed by atoms with Crippen LogP contribution in [0.3, 0.4) is 0 Å². The van der Waals surface area contributed by atoms with Gasteiger partial charge in [-0.1, -0.05) is 12.1 Å². The number of rotatable bonds is 6. The van der Waals surface area contributed by atoms with Gasteiger partial charge in [0.15, 0.2) is 0 Å². The molecule has 1 aromatic carbocycles. The van der Waals surface area contributed by atoms with E-state index in [0.717, 1.165) is 0 Å². The smallest absolute Gasteiger partial charge is 0.328 e. The average molecular weight is 281 g/mol. The fourth-order valence-electron chi connectivity index (χ4n) is 1.39. The molecule has 0 heterocycles. The molecule has 102 valence electrons. The van der Waals surface area contributed by atoms with Crippen molar-refractivity contribution >= 4 is 30.8 Å². The van der Waals surface area contributed by atoms with Crippen molar-refractivity contribution < 1.29 is 19.4 Å². The van der Waals surface area contributed by atoms with Gasteiger partial charge < -0.3 is 9.84 Å². The number of carboxylic acids is 1. The van der Waals surface area contributed by atoms with Crippen LogP contribution in [0, 0.1) is 0 Å². The van der Waals surface area contributed by atoms with Crippen molar-refractivity contribution in [1.29, 1.82) is 0 Å². The minimum absolute atomic E-state index is 0.338. The Bertz CT molecular complexity index is 487. The maximum Gasteiger partial charge on any atom is 0.328 e. The molecule has 0 unspecified atom stereocenters. The normalized spacial score (nSPS) is 12.3. The maximum atomic E-state index is 10.9. The lowest BCUT2D eigenvalue weighted by Gasteiger charge is -2.07. The number of para-hydroxylation sites is 1. The van der Waals surface area contributed by atoms with Crippen molar-refractivity contribution in [2.75, 3.05) is 5.75 Å². The van der Waals surface area contributed by atoms with Crippen molar-refractivity contribution in [1.82, 2.24) is 0 Å². The highest BCUT2D eigenvalue weighted by Crippen LogP contribution is 2.16. The van der Waals surface area contributed by atoms with Gasteiger partial charge in [-0.05, 0) is 24.3 Å². The summed E-state index contributed by atoms with van der Waals surface area (Å²) in [6.07, 6.45) is 1.74. The van der Waals surface area contributed by atoms with Crippen molar-refractivity contribution in [3.8, 4) is 5.75 Å². The minimum Gasteiger partial charge on any atom is -0.480 e. The molecule has 1 aromatic rings. The Kier molecular flexibility index (Phi) is 6.08. The molecule has 0 amide bonds. The van der Waals surface area contributed by atoms with E-state index in [2.05, 4.69) is 17.6 Å². The first-order valence-corrected chi connectivity index (χ1v) is 6.32. The van der Waals surface area contributed by atoms with Crippen LogP contribution in [0.15, 0.2) is 29.3 Å². The van der Waals surface area contributed by atoms with E-state index in [1.807, 2.05) is 0 Å². The Morgan fingerprint density at radius 3 is 2.74 bits per heavy atom. The number of aliphatic imine (C=N–C) groups is 1. The number of esters is 1. The summed E-state index contributed by atoms with van der Waals surface area (Å²) in [7, 11) is 0. The molecule has 1 atom stereocenters. The molecule has 0 aliphatic rings. The fraction of sp³-hybridized carbons (Fsp3) is 0.308. The second kappa shape index (κ2) is 7.58. The first-order chi connectivity index (χ1) is 9.04. The summed E-state index contributed by atoms with van der Waals surface area (Å²) in [6, 6.07) is 5.95. The fourth-order valence-corrected chi connectivity index (χ4v) is 1.63. The van der Waals surface area contributed by atoms with E-state index in [1.165, 1.54) is 13.1 Å². The number of aliphatic carboxylic acids is 1. The predicted molar refractivity (Wildman–Crippen MR) is 75.2 cm³/mol. The van der Waals surface area contributed by atoms with E-state index in [4.69, 9.17) is 9.84 Å². The van der Waals surface area contributed by atoms with Crippen LogP contribution in [0.1, 0.15) is 18.9 Å². The summed E-state index contributed by atoms with van der Waals surface area (Å²) in [5.74, 6) is -0.657. The number of hydrogen-bond acceptors (Lipinski definition) is 5. The van der Waals surface area contributed by atoms with Gasteiger partial charge in [0.25, 0.3) is 0 Å². The average Bonchev–Trinajstić information content (AvgIpc) is 2.35. The van der Waals surface area contributed by atoms with E-state index >= 15 is 0 Å². The van der Waals surface area contributed by atoms with E-state index in [-0.39, 0.29) is 0 Å². The Hall–Kier alpha value is -1.82. The van der Waals surface area contributed by atoms with Crippen LogP contribution < -0.4 is 4.74 Å². The number of nitrogens with zero attached hydrogens (tertiary/aromatic N) is 1. The van der Waals surface area contributed by atoms with Crippen LogP contribution >= 0.6 is 12.6 Å². The van der Waals surface area contributed by atoms with Gasteiger partial charge in [0, 0.05) is 18.7 Å². The number of ether oxygens (including phenoxy) is 1. The molecule has 0 fully saturated rings. The number of benzene rings is 1. The van der Waals surface area contributed by atoms with E-state index in [9.17, 15) is 9.59 Å². The summed E-state index contributed by atoms with van der Waals surface area (Å²) in [5.41, 5.74) is 0.558. The highest BCUT2D eigenvalue weighted by atomic mass is 32.1. The number of carboxylic acid groups (broad SMARTS) is 1. The minimum atomic E-state index is -1.00. The molecule has 0 radical (unpaired) electrons. The lowest BCUT2D eigenvalue weighted by molar-refractivity contribution is -0.138. The maximum absolute atomic E-state index is 10.9. The molecule has 0 spiro atoms. The van der Waals surface area contributed by atoms with E-state index in [1.54, 1.807) is 24.3 Å². The lowest BCUT2D eigenvalue weighted by Crippen LogP contribution is -2.18. The Balaban J connectivity index is 2.91. The zero-order valence-electron chi connectivity index (χ0n) is 10.4. The molecule has 0 aliphatic carbocycles. The van der Waals surface area contributed by atoms with Crippen LogP contribution in [-0.4, -0.2) is 35.1 Å². The Morgan fingerprint density at radius 2 is 2.16 bits per heavy atom. The summed E-state index contributed by atoms with van der Waals surface area (Å²) >= 11 is 3.99. The third-order valence-corrected chi connectivity index (χ3v) is 2.51. The summed E-state index contributed by atoms with van der Waals surface area (Å²) in [6.45, 7) is 1.30. The molecule has 6 heteroatoms. The molecule has 5 nitrogen and oxygen atoms in total. The van der Waals surface area contributed by atoms with E-state index < -0.39 is 18.0 Å². The summed E-state index contributed by atoms with van der Waals surface area (Å²) < 4.78 is 5.01. The molecule has 0 saturated carbocycles. The Labute approximate surface area is 116 Å². The SMILES string of the molecule is CC(=O)Oc1ccccc1C=N[C@@H](CCS)C(=O)O. The van der Waals surface area contributed by atoms with Crippen LogP contribution in [0.25, 0.3) is 0 Å². The number of hydrogen-bond donors (Lipinski definition) is 2. The highest BCUT2D eigenvalue weighted by molar-refractivity contribution is 7.80. The molecule has 1 rings (SSSR count). The van der Waals surface area contributed by atoms with Gasteiger partial charge >= 0.3 is 11.9 Å². The van der Waals surface area contributed by atoms with Gasteiger partial charge in [-0.3, -0.25) is 9.79 Å². The largest absolute Gasteiger partial charge is 0.480 e. The van der Waals surface area contributed by atoms with Crippen molar-refractivity contribution in [2.24, 2.45) is 4.99 Å². The van der Waals surface area contributed by atoms with Crippen LogP contribution in [0.4, 0.5) is 0 Å². The van der Waals surface area contributed by atoms with Gasteiger partial charge in [0.1, 0.15) is 11.8 Å². The summed E-state index contributed by atoms with van der Waals surface area (Å²) in [4.78, 5) is 25.9. The van der Waals surface area contributed by atoms with Crippen LogP contribution in [0.5, 0.6) is 5.75 Å².